The molecule has 2 aliphatic rings. The van der Waals surface area contributed by atoms with Crippen molar-refractivity contribution in [1.29, 1.82) is 0 Å². The highest BCUT2D eigenvalue weighted by molar-refractivity contribution is 5.72. The maximum absolute atomic E-state index is 11.9. The molecule has 0 N–H and O–H groups in total. The van der Waals surface area contributed by atoms with E-state index >= 15 is 0 Å². The summed E-state index contributed by atoms with van der Waals surface area (Å²) in [5.41, 5.74) is 0.865. The van der Waals surface area contributed by atoms with Crippen molar-refractivity contribution in [2.45, 2.75) is 52.0 Å². The Hall–Kier alpha value is -2.48. The van der Waals surface area contributed by atoms with E-state index in [0.717, 1.165) is 50.4 Å². The molecule has 8 heteroatoms. The first-order valence-electron chi connectivity index (χ1n) is 11.2. The van der Waals surface area contributed by atoms with Crippen LogP contribution in [-0.2, 0) is 16.1 Å². The van der Waals surface area contributed by atoms with Gasteiger partial charge in [-0.2, -0.15) is 4.98 Å². The van der Waals surface area contributed by atoms with Gasteiger partial charge in [-0.15, -0.1) is 0 Å². The molecule has 2 saturated heterocycles. The molecular formula is C22H31N5O3. The number of ether oxygens (including phenoxy) is 1. The number of likely N-dealkylation sites (tertiary alicyclic amines) is 1. The van der Waals surface area contributed by atoms with Crippen molar-refractivity contribution in [3.05, 3.63) is 24.2 Å². The van der Waals surface area contributed by atoms with Gasteiger partial charge in [0.2, 0.25) is 11.7 Å². The van der Waals surface area contributed by atoms with Gasteiger partial charge in [0.05, 0.1) is 19.1 Å². The average molecular weight is 414 g/mol. The predicted molar refractivity (Wildman–Crippen MR) is 113 cm³/mol. The van der Waals surface area contributed by atoms with E-state index in [1.165, 1.54) is 25.7 Å². The topological polar surface area (TPSA) is 84.6 Å². The minimum absolute atomic E-state index is 0.00763. The van der Waals surface area contributed by atoms with Crippen LogP contribution in [0, 0.1) is 5.92 Å². The van der Waals surface area contributed by atoms with E-state index in [1.54, 1.807) is 0 Å². The van der Waals surface area contributed by atoms with Crippen LogP contribution in [-0.4, -0.2) is 58.8 Å². The van der Waals surface area contributed by atoms with Gasteiger partial charge in [-0.3, -0.25) is 9.69 Å². The smallest absolute Gasteiger partial charge is 0.309 e. The monoisotopic (exact) mass is 413 g/mol. The Bertz CT molecular complexity index is 806. The number of pyridine rings is 1. The van der Waals surface area contributed by atoms with Crippen LogP contribution in [0.2, 0.25) is 0 Å². The molecule has 162 valence electrons. The fourth-order valence-corrected chi connectivity index (χ4v) is 4.22. The summed E-state index contributed by atoms with van der Waals surface area (Å²) >= 11 is 0. The first-order valence-corrected chi connectivity index (χ1v) is 11.2. The molecule has 0 aliphatic carbocycles. The Morgan fingerprint density at radius 2 is 1.90 bits per heavy atom. The molecule has 0 atom stereocenters. The number of aromatic nitrogens is 3. The van der Waals surface area contributed by atoms with Crippen LogP contribution < -0.4 is 4.90 Å². The largest absolute Gasteiger partial charge is 0.466 e. The molecular weight excluding hydrogens is 382 g/mol. The Kier molecular flexibility index (Phi) is 6.94. The van der Waals surface area contributed by atoms with Crippen LogP contribution in [0.5, 0.6) is 0 Å². The van der Waals surface area contributed by atoms with Gasteiger partial charge < -0.3 is 14.2 Å². The number of rotatable bonds is 6. The second-order valence-corrected chi connectivity index (χ2v) is 8.12. The maximum atomic E-state index is 11.9. The normalized spacial score (nSPS) is 18.9. The number of carbonyl (C=O) groups is 1. The highest BCUT2D eigenvalue weighted by Crippen LogP contribution is 2.23. The second-order valence-electron chi connectivity index (χ2n) is 8.12. The molecule has 8 nitrogen and oxygen atoms in total. The molecule has 4 rings (SSSR count). The van der Waals surface area contributed by atoms with Crippen LogP contribution in [0.4, 0.5) is 5.82 Å². The van der Waals surface area contributed by atoms with Crippen LogP contribution in [0.3, 0.4) is 0 Å². The molecule has 0 radical (unpaired) electrons. The molecule has 0 unspecified atom stereocenters. The lowest BCUT2D eigenvalue weighted by Gasteiger charge is -2.29. The van der Waals surface area contributed by atoms with E-state index in [-0.39, 0.29) is 11.9 Å². The first-order chi connectivity index (χ1) is 14.7. The quantitative estimate of drug-likeness (QED) is 0.667. The minimum atomic E-state index is -0.0756. The zero-order valence-electron chi connectivity index (χ0n) is 17.8. The molecule has 0 aromatic carbocycles. The molecule has 0 bridgehead atoms. The third-order valence-electron chi connectivity index (χ3n) is 5.97. The number of anilines is 1. The molecule has 2 fully saturated rings. The van der Waals surface area contributed by atoms with E-state index in [4.69, 9.17) is 9.26 Å². The lowest BCUT2D eigenvalue weighted by atomic mass is 9.97. The number of nitrogens with zero attached hydrogens (tertiary/aromatic N) is 5. The summed E-state index contributed by atoms with van der Waals surface area (Å²) < 4.78 is 10.6. The lowest BCUT2D eigenvalue weighted by Crippen LogP contribution is -2.36. The second kappa shape index (κ2) is 10.0. The molecule has 2 aromatic rings. The Labute approximate surface area is 177 Å². The van der Waals surface area contributed by atoms with E-state index < -0.39 is 0 Å². The zero-order chi connectivity index (χ0) is 20.8. The van der Waals surface area contributed by atoms with Gasteiger partial charge in [0, 0.05) is 24.8 Å². The molecule has 0 spiro atoms. The zero-order valence-corrected chi connectivity index (χ0v) is 17.8. The summed E-state index contributed by atoms with van der Waals surface area (Å²) in [4.78, 5) is 25.7. The van der Waals surface area contributed by atoms with Crippen molar-refractivity contribution in [2.75, 3.05) is 37.7 Å². The summed E-state index contributed by atoms with van der Waals surface area (Å²) in [5, 5.41) is 4.14. The van der Waals surface area contributed by atoms with Gasteiger partial charge >= 0.3 is 5.97 Å². The first kappa shape index (κ1) is 20.8. The van der Waals surface area contributed by atoms with Gasteiger partial charge in [0.15, 0.2) is 0 Å². The summed E-state index contributed by atoms with van der Waals surface area (Å²) in [6, 6.07) is 4.07. The molecule has 4 heterocycles. The van der Waals surface area contributed by atoms with Gasteiger partial charge in [0.25, 0.3) is 0 Å². The number of carbonyl (C=O) groups excluding carboxylic acids is 1. The lowest BCUT2D eigenvalue weighted by molar-refractivity contribution is -0.149. The third-order valence-corrected chi connectivity index (χ3v) is 5.97. The van der Waals surface area contributed by atoms with E-state index in [2.05, 4.69) is 31.0 Å². The highest BCUT2D eigenvalue weighted by Gasteiger charge is 2.27. The minimum Gasteiger partial charge on any atom is -0.466 e. The molecule has 30 heavy (non-hydrogen) atoms. The van der Waals surface area contributed by atoms with Crippen LogP contribution >= 0.6 is 0 Å². The van der Waals surface area contributed by atoms with Crippen molar-refractivity contribution in [3.8, 4) is 11.4 Å². The molecule has 2 aromatic heterocycles. The molecule has 0 saturated carbocycles. The predicted octanol–water partition coefficient (Wildman–Crippen LogP) is 3.29. The highest BCUT2D eigenvalue weighted by atomic mass is 16.5. The average Bonchev–Trinajstić information content (AvgIpc) is 3.06. The third kappa shape index (κ3) is 5.16. The summed E-state index contributed by atoms with van der Waals surface area (Å²) in [7, 11) is 0. The van der Waals surface area contributed by atoms with Gasteiger partial charge in [-0.25, -0.2) is 4.98 Å². The van der Waals surface area contributed by atoms with Crippen molar-refractivity contribution in [1.82, 2.24) is 20.0 Å². The van der Waals surface area contributed by atoms with Crippen LogP contribution in [0.15, 0.2) is 22.9 Å². The Morgan fingerprint density at radius 1 is 1.13 bits per heavy atom. The number of hydrogen-bond acceptors (Lipinski definition) is 8. The van der Waals surface area contributed by atoms with Crippen molar-refractivity contribution in [3.63, 3.8) is 0 Å². The van der Waals surface area contributed by atoms with Crippen molar-refractivity contribution < 1.29 is 14.1 Å². The maximum Gasteiger partial charge on any atom is 0.309 e. The van der Waals surface area contributed by atoms with Crippen LogP contribution in [0.1, 0.15) is 51.3 Å². The van der Waals surface area contributed by atoms with E-state index in [1.807, 2.05) is 19.2 Å². The van der Waals surface area contributed by atoms with E-state index in [0.29, 0.717) is 24.9 Å². The van der Waals surface area contributed by atoms with Gasteiger partial charge in [-0.05, 0) is 57.8 Å². The van der Waals surface area contributed by atoms with Gasteiger partial charge in [0.1, 0.15) is 5.82 Å². The van der Waals surface area contributed by atoms with Crippen molar-refractivity contribution in [2.24, 2.45) is 5.92 Å². The van der Waals surface area contributed by atoms with E-state index in [9.17, 15) is 4.79 Å². The molecule has 0 amide bonds. The number of piperidine rings is 1. The molecule has 2 aliphatic heterocycles. The summed E-state index contributed by atoms with van der Waals surface area (Å²) in [5.74, 6) is 2.12. The number of esters is 1. The standard InChI is InChI=1S/C22H31N5O3/c1-2-29-22(28)17-9-13-26(14-10-17)16-20-24-21(25-30-20)18-7-8-19(23-15-18)27-11-5-3-4-6-12-27/h7-8,15,17H,2-6,9-14,16H2,1H3. The van der Waals surface area contributed by atoms with Crippen molar-refractivity contribution >= 4 is 11.8 Å². The fraction of sp³-hybridized carbons (Fsp3) is 0.636. The van der Waals surface area contributed by atoms with Crippen LogP contribution in [0.25, 0.3) is 11.4 Å². The SMILES string of the molecule is CCOC(=O)C1CCN(Cc2nc(-c3ccc(N4CCCCCC4)nc3)no2)CC1. The number of hydrogen-bond donors (Lipinski definition) is 0. The van der Waals surface area contributed by atoms with Gasteiger partial charge in [-0.1, -0.05) is 18.0 Å². The summed E-state index contributed by atoms with van der Waals surface area (Å²) in [6.07, 6.45) is 8.52. The Balaban J connectivity index is 1.31. The summed E-state index contributed by atoms with van der Waals surface area (Å²) in [6.45, 7) is 6.69. The Morgan fingerprint density at radius 3 is 2.57 bits per heavy atom. The fourth-order valence-electron chi connectivity index (χ4n) is 4.22.